The third-order valence-electron chi connectivity index (χ3n) is 6.45. The summed E-state index contributed by atoms with van der Waals surface area (Å²) in [5, 5.41) is 0. The topological polar surface area (TPSA) is 18.5 Å². The van der Waals surface area contributed by atoms with Gasteiger partial charge in [0.25, 0.3) is 0 Å². The van der Waals surface area contributed by atoms with Gasteiger partial charge in [0.2, 0.25) is 0 Å². The summed E-state index contributed by atoms with van der Waals surface area (Å²) in [6.45, 7) is 6.03. The van der Waals surface area contributed by atoms with Gasteiger partial charge >= 0.3 is 0 Å². The van der Waals surface area contributed by atoms with E-state index in [0.29, 0.717) is 6.61 Å². The van der Waals surface area contributed by atoms with Gasteiger partial charge in [0.05, 0.1) is 6.61 Å². The molecule has 0 bridgehead atoms. The highest BCUT2D eigenvalue weighted by molar-refractivity contribution is 5.31. The van der Waals surface area contributed by atoms with E-state index in [4.69, 9.17) is 9.47 Å². The molecule has 1 aromatic carbocycles. The Morgan fingerprint density at radius 1 is 0.733 bits per heavy atom. The predicted molar refractivity (Wildman–Crippen MR) is 130 cm³/mol. The second kappa shape index (κ2) is 16.3. The fraction of sp³-hybridized carbons (Fsp3) is 0.714. The predicted octanol–water partition coefficient (Wildman–Crippen LogP) is 8.75. The molecule has 0 amide bonds. The average molecular weight is 415 g/mol. The van der Waals surface area contributed by atoms with Crippen molar-refractivity contribution in [3.8, 4) is 11.5 Å². The molecule has 0 N–H and O–H groups in total. The Kier molecular flexibility index (Phi) is 13.5. The Hall–Kier alpha value is -1.44. The molecule has 170 valence electrons. The third kappa shape index (κ3) is 11.1. The zero-order chi connectivity index (χ0) is 21.3. The quantitative estimate of drug-likeness (QED) is 0.199. The van der Waals surface area contributed by atoms with E-state index < -0.39 is 0 Å². The fourth-order valence-electron chi connectivity index (χ4n) is 4.45. The van der Waals surface area contributed by atoms with Crippen LogP contribution in [0.4, 0.5) is 0 Å². The smallest absolute Gasteiger partial charge is 0.120 e. The van der Waals surface area contributed by atoms with Gasteiger partial charge in [-0.05, 0) is 68.2 Å². The van der Waals surface area contributed by atoms with E-state index in [1.165, 1.54) is 83.5 Å². The van der Waals surface area contributed by atoms with E-state index >= 15 is 0 Å². The number of benzene rings is 1. The van der Waals surface area contributed by atoms with Crippen LogP contribution < -0.4 is 9.47 Å². The minimum Gasteiger partial charge on any atom is -0.494 e. The average Bonchev–Trinajstić information content (AvgIpc) is 2.78. The maximum atomic E-state index is 5.88. The molecule has 1 aromatic rings. The number of unbranched alkanes of at least 4 members (excludes halogenated alkanes) is 7. The van der Waals surface area contributed by atoms with Gasteiger partial charge < -0.3 is 9.47 Å². The number of hydrogen-bond donors (Lipinski definition) is 0. The van der Waals surface area contributed by atoms with Crippen molar-refractivity contribution in [3.63, 3.8) is 0 Å². The standard InChI is InChI=1S/C28H46O2/c1-3-5-7-8-9-11-23-29-27-19-21-28(22-20-27)30-24-12-14-26-17-15-25(16-18-26)13-10-6-4-2/h12,14,19-22,25-26H,3-11,13,15-18,23-24H2,1-2H3. The minimum absolute atomic E-state index is 0.661. The Balaban J connectivity index is 1.53. The first-order chi connectivity index (χ1) is 14.8. The maximum Gasteiger partial charge on any atom is 0.120 e. The first kappa shape index (κ1) is 24.8. The van der Waals surface area contributed by atoms with Crippen molar-refractivity contribution < 1.29 is 9.47 Å². The van der Waals surface area contributed by atoms with Crippen molar-refractivity contribution >= 4 is 0 Å². The van der Waals surface area contributed by atoms with Crippen LogP contribution in [0.15, 0.2) is 36.4 Å². The molecule has 1 fully saturated rings. The van der Waals surface area contributed by atoms with Crippen LogP contribution >= 0.6 is 0 Å². The molecule has 1 aliphatic carbocycles. The zero-order valence-electron chi connectivity index (χ0n) is 19.7. The van der Waals surface area contributed by atoms with Gasteiger partial charge in [-0.15, -0.1) is 0 Å². The zero-order valence-corrected chi connectivity index (χ0v) is 19.7. The van der Waals surface area contributed by atoms with Crippen LogP contribution in [0.5, 0.6) is 11.5 Å². The van der Waals surface area contributed by atoms with Gasteiger partial charge in [-0.1, -0.05) is 83.8 Å². The van der Waals surface area contributed by atoms with Crippen molar-refractivity contribution in [2.75, 3.05) is 13.2 Å². The molecule has 0 aromatic heterocycles. The van der Waals surface area contributed by atoms with Crippen LogP contribution in [0.3, 0.4) is 0 Å². The van der Waals surface area contributed by atoms with Crippen molar-refractivity contribution in [2.45, 2.75) is 104 Å². The molecule has 0 heterocycles. The summed E-state index contributed by atoms with van der Waals surface area (Å²) in [6.07, 6.45) is 23.6. The summed E-state index contributed by atoms with van der Waals surface area (Å²) in [5.41, 5.74) is 0. The van der Waals surface area contributed by atoms with Gasteiger partial charge in [-0.25, -0.2) is 0 Å². The van der Waals surface area contributed by atoms with Crippen molar-refractivity contribution in [1.29, 1.82) is 0 Å². The first-order valence-corrected chi connectivity index (χ1v) is 12.8. The SMILES string of the molecule is CCCCCCCCOc1ccc(OCC=CC2CCC(CCCCC)CC2)cc1. The molecule has 1 aliphatic rings. The van der Waals surface area contributed by atoms with Crippen LogP contribution in [0, 0.1) is 11.8 Å². The summed E-state index contributed by atoms with van der Waals surface area (Å²) >= 11 is 0. The van der Waals surface area contributed by atoms with Gasteiger partial charge in [0.1, 0.15) is 18.1 Å². The Labute approximate surface area is 186 Å². The second-order valence-corrected chi connectivity index (χ2v) is 9.10. The van der Waals surface area contributed by atoms with E-state index in [9.17, 15) is 0 Å². The normalized spacial score (nSPS) is 19.3. The van der Waals surface area contributed by atoms with E-state index in [1.54, 1.807) is 0 Å². The highest BCUT2D eigenvalue weighted by Crippen LogP contribution is 2.32. The molecule has 30 heavy (non-hydrogen) atoms. The monoisotopic (exact) mass is 414 g/mol. The van der Waals surface area contributed by atoms with Crippen LogP contribution in [0.1, 0.15) is 104 Å². The van der Waals surface area contributed by atoms with E-state index in [0.717, 1.165) is 36.4 Å². The molecule has 2 rings (SSSR count). The summed E-state index contributed by atoms with van der Waals surface area (Å²) in [7, 11) is 0. The molecule has 0 radical (unpaired) electrons. The molecule has 0 saturated heterocycles. The van der Waals surface area contributed by atoms with Crippen LogP contribution in [-0.4, -0.2) is 13.2 Å². The van der Waals surface area contributed by atoms with Crippen LogP contribution in [0.2, 0.25) is 0 Å². The summed E-state index contributed by atoms with van der Waals surface area (Å²) in [4.78, 5) is 0. The Bertz CT molecular complexity index is 540. The minimum atomic E-state index is 0.661. The van der Waals surface area contributed by atoms with Crippen molar-refractivity contribution in [2.24, 2.45) is 11.8 Å². The van der Waals surface area contributed by atoms with E-state index in [-0.39, 0.29) is 0 Å². The van der Waals surface area contributed by atoms with Crippen molar-refractivity contribution in [1.82, 2.24) is 0 Å². The lowest BCUT2D eigenvalue weighted by atomic mass is 9.79. The molecule has 0 aliphatic heterocycles. The molecule has 2 nitrogen and oxygen atoms in total. The highest BCUT2D eigenvalue weighted by atomic mass is 16.5. The number of ether oxygens (including phenoxy) is 2. The fourth-order valence-corrected chi connectivity index (χ4v) is 4.45. The van der Waals surface area contributed by atoms with Gasteiger partial charge in [-0.2, -0.15) is 0 Å². The first-order valence-electron chi connectivity index (χ1n) is 12.8. The second-order valence-electron chi connectivity index (χ2n) is 9.10. The van der Waals surface area contributed by atoms with Crippen LogP contribution in [0.25, 0.3) is 0 Å². The number of rotatable bonds is 16. The molecule has 1 saturated carbocycles. The molecule has 0 spiro atoms. The molecule has 0 atom stereocenters. The van der Waals surface area contributed by atoms with E-state index in [1.807, 2.05) is 24.3 Å². The summed E-state index contributed by atoms with van der Waals surface area (Å²) in [5.74, 6) is 3.61. The molecule has 0 unspecified atom stereocenters. The Morgan fingerprint density at radius 3 is 2.03 bits per heavy atom. The lowest BCUT2D eigenvalue weighted by Gasteiger charge is -2.26. The Morgan fingerprint density at radius 2 is 1.33 bits per heavy atom. The number of allylic oxidation sites excluding steroid dienone is 1. The number of hydrogen-bond acceptors (Lipinski definition) is 2. The van der Waals surface area contributed by atoms with E-state index in [2.05, 4.69) is 26.0 Å². The summed E-state index contributed by atoms with van der Waals surface area (Å²) < 4.78 is 11.7. The molecular formula is C28H46O2. The van der Waals surface area contributed by atoms with Crippen LogP contribution in [-0.2, 0) is 0 Å². The lowest BCUT2D eigenvalue weighted by molar-refractivity contribution is 0.288. The highest BCUT2D eigenvalue weighted by Gasteiger charge is 2.18. The maximum absolute atomic E-state index is 5.88. The molecular weight excluding hydrogens is 368 g/mol. The molecule has 2 heteroatoms. The summed E-state index contributed by atoms with van der Waals surface area (Å²) in [6, 6.07) is 8.09. The van der Waals surface area contributed by atoms with Gasteiger partial charge in [0, 0.05) is 0 Å². The third-order valence-corrected chi connectivity index (χ3v) is 6.45. The largest absolute Gasteiger partial charge is 0.494 e. The van der Waals surface area contributed by atoms with Gasteiger partial charge in [0.15, 0.2) is 0 Å². The van der Waals surface area contributed by atoms with Gasteiger partial charge in [-0.3, -0.25) is 0 Å². The lowest BCUT2D eigenvalue weighted by Crippen LogP contribution is -2.13. The van der Waals surface area contributed by atoms with Crippen molar-refractivity contribution in [3.05, 3.63) is 36.4 Å².